The van der Waals surface area contributed by atoms with Crippen LogP contribution < -0.4 is 0 Å². The van der Waals surface area contributed by atoms with Gasteiger partial charge in [-0.2, -0.15) is 0 Å². The van der Waals surface area contributed by atoms with Gasteiger partial charge in [0.1, 0.15) is 25.4 Å². The molecule has 0 aliphatic rings. The highest BCUT2D eigenvalue weighted by Gasteiger charge is 2.10. The zero-order valence-corrected chi connectivity index (χ0v) is 21.0. The minimum atomic E-state index is -0.612. The standard InChI is InChI=1S/C26H44O6/c1-7-11-13-23(9-3)19-29-17-21(5)31-25(27)15-16-26(28)32-22(6)18-30-20-24(10-4)14-12-8-2/h15-16,19-22H,7-14,17-18H2,1-6H3. The average Bonchev–Trinajstić information content (AvgIpc) is 2.76. The molecule has 0 aliphatic carbocycles. The molecule has 0 aromatic rings. The molecule has 0 saturated heterocycles. The lowest BCUT2D eigenvalue weighted by Gasteiger charge is -2.13. The van der Waals surface area contributed by atoms with E-state index >= 15 is 0 Å². The van der Waals surface area contributed by atoms with E-state index in [9.17, 15) is 9.59 Å². The summed E-state index contributed by atoms with van der Waals surface area (Å²) in [5.41, 5.74) is 2.49. The Morgan fingerprint density at radius 1 is 0.688 bits per heavy atom. The van der Waals surface area contributed by atoms with E-state index < -0.39 is 24.1 Å². The smallest absolute Gasteiger partial charge is 0.331 e. The van der Waals surface area contributed by atoms with Crippen molar-refractivity contribution >= 4 is 11.9 Å². The fourth-order valence-electron chi connectivity index (χ4n) is 2.73. The van der Waals surface area contributed by atoms with Crippen molar-refractivity contribution in [3.8, 4) is 0 Å². The molecule has 32 heavy (non-hydrogen) atoms. The van der Waals surface area contributed by atoms with Crippen LogP contribution in [0.4, 0.5) is 0 Å². The number of carbonyl (C=O) groups excluding carboxylic acids is 2. The summed E-state index contributed by atoms with van der Waals surface area (Å²) in [6.45, 7) is 12.5. The SMILES string of the molecule is CCCCC(=COCC(C)OC(=O)C=CC(=O)OC(C)COC=C(CC)CCCC)CC. The monoisotopic (exact) mass is 452 g/mol. The largest absolute Gasteiger partial charge is 0.497 e. The van der Waals surface area contributed by atoms with Gasteiger partial charge in [-0.25, -0.2) is 9.59 Å². The predicted octanol–water partition coefficient (Wildman–Crippen LogP) is 6.41. The topological polar surface area (TPSA) is 71.1 Å². The van der Waals surface area contributed by atoms with Crippen LogP contribution in [0.15, 0.2) is 35.8 Å². The van der Waals surface area contributed by atoms with Crippen LogP contribution in [0.25, 0.3) is 0 Å². The van der Waals surface area contributed by atoms with Crippen LogP contribution in [0, 0.1) is 0 Å². The Morgan fingerprint density at radius 2 is 1.06 bits per heavy atom. The van der Waals surface area contributed by atoms with E-state index in [0.29, 0.717) is 0 Å². The Morgan fingerprint density at radius 3 is 1.38 bits per heavy atom. The number of esters is 2. The van der Waals surface area contributed by atoms with Crippen LogP contribution in [0.1, 0.15) is 92.9 Å². The first kappa shape index (κ1) is 29.8. The normalized spacial score (nSPS) is 14.2. The van der Waals surface area contributed by atoms with E-state index in [0.717, 1.165) is 63.5 Å². The molecule has 0 amide bonds. The predicted molar refractivity (Wildman–Crippen MR) is 128 cm³/mol. The number of carbonyl (C=O) groups is 2. The van der Waals surface area contributed by atoms with Crippen molar-refractivity contribution < 1.29 is 28.5 Å². The molecule has 6 nitrogen and oxygen atoms in total. The van der Waals surface area contributed by atoms with Crippen molar-refractivity contribution in [3.63, 3.8) is 0 Å². The average molecular weight is 453 g/mol. The van der Waals surface area contributed by atoms with E-state index in [1.54, 1.807) is 26.4 Å². The third-order valence-electron chi connectivity index (χ3n) is 4.76. The van der Waals surface area contributed by atoms with Crippen molar-refractivity contribution in [1.29, 1.82) is 0 Å². The van der Waals surface area contributed by atoms with Gasteiger partial charge in [0.05, 0.1) is 12.5 Å². The summed E-state index contributed by atoms with van der Waals surface area (Å²) in [5, 5.41) is 0. The molecular weight excluding hydrogens is 408 g/mol. The third kappa shape index (κ3) is 16.5. The second kappa shape index (κ2) is 19.4. The highest BCUT2D eigenvalue weighted by Crippen LogP contribution is 2.12. The summed E-state index contributed by atoms with van der Waals surface area (Å²) in [6, 6.07) is 0. The number of allylic oxidation sites excluding steroid dienone is 2. The van der Waals surface area contributed by atoms with Gasteiger partial charge in [-0.05, 0) is 63.5 Å². The summed E-state index contributed by atoms with van der Waals surface area (Å²) in [4.78, 5) is 23.8. The summed E-state index contributed by atoms with van der Waals surface area (Å²) in [5.74, 6) is -1.22. The molecule has 0 saturated carbocycles. The molecule has 2 atom stereocenters. The lowest BCUT2D eigenvalue weighted by atomic mass is 10.1. The zero-order chi connectivity index (χ0) is 24.2. The molecule has 0 aliphatic heterocycles. The second-order valence-corrected chi connectivity index (χ2v) is 7.96. The van der Waals surface area contributed by atoms with Gasteiger partial charge in [0, 0.05) is 12.2 Å². The molecule has 0 aromatic carbocycles. The minimum Gasteiger partial charge on any atom is -0.497 e. The van der Waals surface area contributed by atoms with Crippen LogP contribution in [0.2, 0.25) is 0 Å². The van der Waals surface area contributed by atoms with Gasteiger partial charge in [0.25, 0.3) is 0 Å². The Hall–Kier alpha value is -2.24. The molecule has 6 heteroatoms. The number of hydrogen-bond donors (Lipinski definition) is 0. The molecule has 0 heterocycles. The molecule has 0 bridgehead atoms. The van der Waals surface area contributed by atoms with Gasteiger partial charge in [-0.15, -0.1) is 0 Å². The molecule has 0 spiro atoms. The van der Waals surface area contributed by atoms with Gasteiger partial charge < -0.3 is 18.9 Å². The molecule has 0 fully saturated rings. The van der Waals surface area contributed by atoms with E-state index in [1.807, 2.05) is 0 Å². The molecule has 0 rings (SSSR count). The van der Waals surface area contributed by atoms with Crippen molar-refractivity contribution in [3.05, 3.63) is 35.8 Å². The molecule has 0 radical (unpaired) electrons. The Kier molecular flexibility index (Phi) is 18.1. The lowest BCUT2D eigenvalue weighted by Crippen LogP contribution is -2.20. The van der Waals surface area contributed by atoms with Crippen LogP contribution >= 0.6 is 0 Å². The summed E-state index contributed by atoms with van der Waals surface area (Å²) < 4.78 is 21.5. The van der Waals surface area contributed by atoms with Crippen LogP contribution in [0.3, 0.4) is 0 Å². The van der Waals surface area contributed by atoms with E-state index in [4.69, 9.17) is 18.9 Å². The van der Waals surface area contributed by atoms with Crippen molar-refractivity contribution in [1.82, 2.24) is 0 Å². The molecule has 184 valence electrons. The Bertz CT molecular complexity index is 553. The van der Waals surface area contributed by atoms with Crippen molar-refractivity contribution in [2.24, 2.45) is 0 Å². The van der Waals surface area contributed by atoms with Crippen molar-refractivity contribution in [2.45, 2.75) is 105 Å². The maximum atomic E-state index is 11.9. The molecular formula is C26H44O6. The molecule has 0 aromatic heterocycles. The van der Waals surface area contributed by atoms with Gasteiger partial charge in [0.2, 0.25) is 0 Å². The Labute approximate surface area is 195 Å². The fourth-order valence-corrected chi connectivity index (χ4v) is 2.73. The summed E-state index contributed by atoms with van der Waals surface area (Å²) in [6.07, 6.45) is 13.3. The fraction of sp³-hybridized carbons (Fsp3) is 0.692. The van der Waals surface area contributed by atoms with Crippen LogP contribution in [-0.2, 0) is 28.5 Å². The quantitative estimate of drug-likeness (QED) is 0.136. The van der Waals surface area contributed by atoms with E-state index in [-0.39, 0.29) is 13.2 Å². The molecule has 2 unspecified atom stereocenters. The number of rotatable bonds is 18. The number of ether oxygens (including phenoxy) is 4. The number of unbranched alkanes of at least 4 members (excludes halogenated alkanes) is 2. The summed E-state index contributed by atoms with van der Waals surface area (Å²) >= 11 is 0. The highest BCUT2D eigenvalue weighted by atomic mass is 16.6. The minimum absolute atomic E-state index is 0.263. The van der Waals surface area contributed by atoms with E-state index in [1.165, 1.54) is 11.1 Å². The van der Waals surface area contributed by atoms with E-state index in [2.05, 4.69) is 27.7 Å². The number of hydrogen-bond acceptors (Lipinski definition) is 6. The van der Waals surface area contributed by atoms with Gasteiger partial charge >= 0.3 is 11.9 Å². The van der Waals surface area contributed by atoms with Gasteiger partial charge in [0.15, 0.2) is 0 Å². The van der Waals surface area contributed by atoms with Crippen LogP contribution in [0.5, 0.6) is 0 Å². The van der Waals surface area contributed by atoms with Crippen molar-refractivity contribution in [2.75, 3.05) is 13.2 Å². The zero-order valence-electron chi connectivity index (χ0n) is 21.0. The highest BCUT2D eigenvalue weighted by molar-refractivity contribution is 5.91. The maximum absolute atomic E-state index is 11.9. The van der Waals surface area contributed by atoms with Gasteiger partial charge in [-0.3, -0.25) is 0 Å². The molecule has 0 N–H and O–H groups in total. The maximum Gasteiger partial charge on any atom is 0.331 e. The van der Waals surface area contributed by atoms with Crippen LogP contribution in [-0.4, -0.2) is 37.4 Å². The van der Waals surface area contributed by atoms with Gasteiger partial charge in [-0.1, -0.05) is 40.5 Å². The first-order chi connectivity index (χ1) is 15.4. The third-order valence-corrected chi connectivity index (χ3v) is 4.76. The lowest BCUT2D eigenvalue weighted by molar-refractivity contribution is -0.146. The first-order valence-corrected chi connectivity index (χ1v) is 12.0. The summed E-state index contributed by atoms with van der Waals surface area (Å²) in [7, 11) is 0. The second-order valence-electron chi connectivity index (χ2n) is 7.96. The first-order valence-electron chi connectivity index (χ1n) is 12.0. The Balaban J connectivity index is 4.25.